The maximum Gasteiger partial charge on any atom is 0.338 e. The van der Waals surface area contributed by atoms with Gasteiger partial charge >= 0.3 is 5.97 Å². The molecule has 26 heavy (non-hydrogen) atoms. The molecule has 0 bridgehead atoms. The molecule has 0 unspecified atom stereocenters. The number of rotatable bonds is 3. The molecule has 5 heteroatoms. The molecule has 0 saturated carbocycles. The van der Waals surface area contributed by atoms with Gasteiger partial charge < -0.3 is 4.74 Å². The molecule has 0 aliphatic heterocycles. The number of fused-ring (bicyclic) bond motifs is 1. The number of carbonyl (C=O) groups excluding carboxylic acids is 1. The zero-order valence-corrected chi connectivity index (χ0v) is 15.4. The van der Waals surface area contributed by atoms with Gasteiger partial charge in [-0.05, 0) is 41.7 Å². The molecular weight excluding hydrogens is 328 g/mol. The summed E-state index contributed by atoms with van der Waals surface area (Å²) in [6.07, 6.45) is 1.73. The average molecular weight is 350 g/mol. The number of aromatic nitrogens is 2. The largest absolute Gasteiger partial charge is 0.456 e. The SMILES string of the molecule is Cc1ccc2nc(COC(=O)c3ccc(C(C)(C)C)cc3)cc(=O)n2c1. The summed E-state index contributed by atoms with van der Waals surface area (Å²) < 4.78 is 6.80. The van der Waals surface area contributed by atoms with Crippen LogP contribution in [-0.2, 0) is 16.8 Å². The van der Waals surface area contributed by atoms with Gasteiger partial charge in [-0.15, -0.1) is 0 Å². The van der Waals surface area contributed by atoms with Gasteiger partial charge in [-0.1, -0.05) is 39.0 Å². The number of benzene rings is 1. The molecular formula is C21H22N2O3. The maximum atomic E-state index is 12.2. The average Bonchev–Trinajstić information content (AvgIpc) is 2.59. The van der Waals surface area contributed by atoms with E-state index in [2.05, 4.69) is 25.8 Å². The van der Waals surface area contributed by atoms with Crippen LogP contribution in [0.4, 0.5) is 0 Å². The lowest BCUT2D eigenvalue weighted by molar-refractivity contribution is 0.0467. The first-order chi connectivity index (χ1) is 12.2. The minimum absolute atomic E-state index is 0.0258. The Hall–Kier alpha value is -2.95. The lowest BCUT2D eigenvalue weighted by Gasteiger charge is -2.18. The highest BCUT2D eigenvalue weighted by Crippen LogP contribution is 2.22. The van der Waals surface area contributed by atoms with Gasteiger partial charge in [-0.25, -0.2) is 9.78 Å². The lowest BCUT2D eigenvalue weighted by atomic mass is 9.87. The number of aryl methyl sites for hydroxylation is 1. The number of carbonyl (C=O) groups is 1. The zero-order chi connectivity index (χ0) is 18.9. The predicted octanol–water partition coefficient (Wildman–Crippen LogP) is 3.66. The lowest BCUT2D eigenvalue weighted by Crippen LogP contribution is -2.17. The molecule has 0 atom stereocenters. The fourth-order valence-corrected chi connectivity index (χ4v) is 2.66. The third-order valence-corrected chi connectivity index (χ3v) is 4.20. The topological polar surface area (TPSA) is 60.7 Å². The summed E-state index contributed by atoms with van der Waals surface area (Å²) in [7, 11) is 0. The summed E-state index contributed by atoms with van der Waals surface area (Å²) in [5.74, 6) is -0.434. The maximum absolute atomic E-state index is 12.2. The summed E-state index contributed by atoms with van der Waals surface area (Å²) in [4.78, 5) is 28.8. The highest BCUT2D eigenvalue weighted by Gasteiger charge is 2.15. The molecule has 5 nitrogen and oxygen atoms in total. The van der Waals surface area contributed by atoms with E-state index in [-0.39, 0.29) is 17.6 Å². The molecule has 2 aromatic heterocycles. The number of nitrogens with zero attached hydrogens (tertiary/aromatic N) is 2. The fourth-order valence-electron chi connectivity index (χ4n) is 2.66. The summed E-state index contributed by atoms with van der Waals surface area (Å²) in [5, 5.41) is 0. The van der Waals surface area contributed by atoms with Crippen LogP contribution < -0.4 is 5.56 Å². The predicted molar refractivity (Wildman–Crippen MR) is 100 cm³/mol. The van der Waals surface area contributed by atoms with E-state index in [1.165, 1.54) is 10.5 Å². The standard InChI is InChI=1S/C21H22N2O3/c1-14-5-10-18-22-17(11-19(24)23(18)12-14)13-26-20(25)15-6-8-16(9-7-15)21(2,3)4/h5-12H,13H2,1-4H3. The van der Waals surface area contributed by atoms with Crippen molar-refractivity contribution in [3.05, 3.63) is 81.4 Å². The summed E-state index contributed by atoms with van der Waals surface area (Å²) in [6, 6.07) is 12.4. The van der Waals surface area contributed by atoms with Crippen LogP contribution in [0.2, 0.25) is 0 Å². The molecule has 0 fully saturated rings. The van der Waals surface area contributed by atoms with Crippen molar-refractivity contribution in [1.82, 2.24) is 9.38 Å². The van der Waals surface area contributed by atoms with Crippen molar-refractivity contribution in [2.24, 2.45) is 0 Å². The normalized spacial score (nSPS) is 11.5. The first-order valence-corrected chi connectivity index (χ1v) is 8.51. The van der Waals surface area contributed by atoms with E-state index in [1.54, 1.807) is 24.4 Å². The van der Waals surface area contributed by atoms with Crippen molar-refractivity contribution in [3.63, 3.8) is 0 Å². The monoisotopic (exact) mass is 350 g/mol. The first-order valence-electron chi connectivity index (χ1n) is 8.51. The van der Waals surface area contributed by atoms with Crippen LogP contribution in [0.15, 0.2) is 53.5 Å². The second-order valence-corrected chi connectivity index (χ2v) is 7.42. The van der Waals surface area contributed by atoms with Crippen LogP contribution in [0, 0.1) is 6.92 Å². The number of ether oxygens (including phenoxy) is 1. The second-order valence-electron chi connectivity index (χ2n) is 7.42. The first kappa shape index (κ1) is 17.9. The van der Waals surface area contributed by atoms with E-state index in [0.29, 0.717) is 16.9 Å². The second kappa shape index (κ2) is 6.75. The molecule has 0 aliphatic rings. The summed E-state index contributed by atoms with van der Waals surface area (Å²) >= 11 is 0. The highest BCUT2D eigenvalue weighted by molar-refractivity contribution is 5.89. The summed E-state index contributed by atoms with van der Waals surface area (Å²) in [5.41, 5.74) is 3.39. The highest BCUT2D eigenvalue weighted by atomic mass is 16.5. The van der Waals surface area contributed by atoms with E-state index in [0.717, 1.165) is 11.1 Å². The van der Waals surface area contributed by atoms with Crippen molar-refractivity contribution in [2.75, 3.05) is 0 Å². The van der Waals surface area contributed by atoms with Gasteiger partial charge in [-0.2, -0.15) is 0 Å². The number of hydrogen-bond acceptors (Lipinski definition) is 4. The van der Waals surface area contributed by atoms with Gasteiger partial charge in [0, 0.05) is 12.3 Å². The Morgan fingerprint density at radius 3 is 2.46 bits per heavy atom. The molecule has 0 N–H and O–H groups in total. The van der Waals surface area contributed by atoms with Gasteiger partial charge in [0.2, 0.25) is 0 Å². The Bertz CT molecular complexity index is 1010. The van der Waals surface area contributed by atoms with Gasteiger partial charge in [0.15, 0.2) is 0 Å². The van der Waals surface area contributed by atoms with E-state index < -0.39 is 5.97 Å². The molecule has 0 amide bonds. The van der Waals surface area contributed by atoms with E-state index >= 15 is 0 Å². The van der Waals surface area contributed by atoms with Crippen LogP contribution in [0.5, 0.6) is 0 Å². The Morgan fingerprint density at radius 1 is 1.12 bits per heavy atom. The Morgan fingerprint density at radius 2 is 1.81 bits per heavy atom. The van der Waals surface area contributed by atoms with Gasteiger partial charge in [0.05, 0.1) is 11.3 Å². The number of hydrogen-bond donors (Lipinski definition) is 0. The Labute approximate surface area is 152 Å². The van der Waals surface area contributed by atoms with Gasteiger partial charge in [-0.3, -0.25) is 9.20 Å². The van der Waals surface area contributed by atoms with Crippen molar-refractivity contribution < 1.29 is 9.53 Å². The van der Waals surface area contributed by atoms with Gasteiger partial charge in [0.25, 0.3) is 5.56 Å². The summed E-state index contributed by atoms with van der Waals surface area (Å²) in [6.45, 7) is 8.22. The van der Waals surface area contributed by atoms with E-state index in [1.807, 2.05) is 25.1 Å². The van der Waals surface area contributed by atoms with Crippen molar-refractivity contribution >= 4 is 11.6 Å². The van der Waals surface area contributed by atoms with E-state index in [9.17, 15) is 9.59 Å². The minimum atomic E-state index is -0.434. The number of esters is 1. The number of pyridine rings is 1. The zero-order valence-electron chi connectivity index (χ0n) is 15.4. The van der Waals surface area contributed by atoms with Crippen molar-refractivity contribution in [1.29, 1.82) is 0 Å². The Balaban J connectivity index is 1.74. The molecule has 3 rings (SSSR count). The molecule has 0 spiro atoms. The molecule has 3 aromatic rings. The molecule has 2 heterocycles. The smallest absolute Gasteiger partial charge is 0.338 e. The van der Waals surface area contributed by atoms with Crippen LogP contribution in [0.3, 0.4) is 0 Å². The molecule has 0 saturated heterocycles. The van der Waals surface area contributed by atoms with Crippen LogP contribution in [0.25, 0.3) is 5.65 Å². The fraction of sp³-hybridized carbons (Fsp3) is 0.286. The minimum Gasteiger partial charge on any atom is -0.456 e. The molecule has 0 radical (unpaired) electrons. The molecule has 1 aromatic carbocycles. The quantitative estimate of drug-likeness (QED) is 0.677. The van der Waals surface area contributed by atoms with Crippen LogP contribution in [0.1, 0.15) is 48.0 Å². The third kappa shape index (κ3) is 3.82. The Kier molecular flexibility index (Phi) is 4.64. The van der Waals surface area contributed by atoms with Crippen LogP contribution in [-0.4, -0.2) is 15.4 Å². The van der Waals surface area contributed by atoms with Crippen molar-refractivity contribution in [2.45, 2.75) is 39.7 Å². The van der Waals surface area contributed by atoms with Gasteiger partial charge in [0.1, 0.15) is 12.3 Å². The van der Waals surface area contributed by atoms with Crippen LogP contribution >= 0.6 is 0 Å². The molecule has 0 aliphatic carbocycles. The van der Waals surface area contributed by atoms with Crippen molar-refractivity contribution in [3.8, 4) is 0 Å². The third-order valence-electron chi connectivity index (χ3n) is 4.20. The molecule has 134 valence electrons. The van der Waals surface area contributed by atoms with E-state index in [4.69, 9.17) is 4.74 Å².